The molecular weight excluding hydrogens is 327 g/mol. The molecule has 1 saturated heterocycles. The smallest absolute Gasteiger partial charge is 0.257 e. The lowest BCUT2D eigenvalue weighted by Gasteiger charge is -2.17. The van der Waals surface area contributed by atoms with Crippen LogP contribution in [-0.4, -0.2) is 65.3 Å². The summed E-state index contributed by atoms with van der Waals surface area (Å²) in [5.41, 5.74) is 0.337. The predicted octanol–water partition coefficient (Wildman–Crippen LogP) is 0.946. The van der Waals surface area contributed by atoms with Gasteiger partial charge in [-0.05, 0) is 12.1 Å². The maximum atomic E-state index is 13.2. The van der Waals surface area contributed by atoms with Crippen LogP contribution in [0.3, 0.4) is 0 Å². The summed E-state index contributed by atoms with van der Waals surface area (Å²) in [6.07, 6.45) is 1.44. The summed E-state index contributed by atoms with van der Waals surface area (Å²) >= 11 is 0. The molecule has 3 rings (SSSR count). The number of carbonyl (C=O) groups is 1. The Morgan fingerprint density at radius 1 is 1.32 bits per heavy atom. The Bertz CT molecular complexity index is 754. The highest BCUT2D eigenvalue weighted by atomic mass is 19.1. The SMILES string of the molecule is CN(C)c1ncc(C(=O)N2C[C@@H](O)[C@H](Oc3cccc(F)c3)C2)cn1. The van der Waals surface area contributed by atoms with E-state index >= 15 is 0 Å². The predicted molar refractivity (Wildman–Crippen MR) is 89.1 cm³/mol. The van der Waals surface area contributed by atoms with Crippen LogP contribution in [0.25, 0.3) is 0 Å². The van der Waals surface area contributed by atoms with Crippen molar-refractivity contribution in [2.24, 2.45) is 0 Å². The van der Waals surface area contributed by atoms with Crippen LogP contribution in [0.4, 0.5) is 10.3 Å². The molecule has 2 heterocycles. The number of benzene rings is 1. The Labute approximate surface area is 144 Å². The quantitative estimate of drug-likeness (QED) is 0.888. The second-order valence-electron chi connectivity index (χ2n) is 6.06. The van der Waals surface area contributed by atoms with Gasteiger partial charge in [0.15, 0.2) is 0 Å². The Morgan fingerprint density at radius 2 is 2.04 bits per heavy atom. The highest BCUT2D eigenvalue weighted by Crippen LogP contribution is 2.21. The molecule has 1 aromatic heterocycles. The number of aliphatic hydroxyl groups excluding tert-OH is 1. The Kier molecular flexibility index (Phi) is 4.80. The zero-order valence-corrected chi connectivity index (χ0v) is 14.0. The van der Waals surface area contributed by atoms with Crippen LogP contribution in [0.15, 0.2) is 36.7 Å². The molecule has 0 saturated carbocycles. The summed E-state index contributed by atoms with van der Waals surface area (Å²) in [6.45, 7) is 0.334. The van der Waals surface area contributed by atoms with Gasteiger partial charge in [0.05, 0.1) is 18.7 Å². The average molecular weight is 346 g/mol. The number of likely N-dealkylation sites (tertiary alicyclic amines) is 1. The Balaban J connectivity index is 1.67. The molecule has 1 amide bonds. The topological polar surface area (TPSA) is 78.8 Å². The minimum absolute atomic E-state index is 0.133. The molecule has 1 aromatic carbocycles. The monoisotopic (exact) mass is 346 g/mol. The number of rotatable bonds is 4. The fraction of sp³-hybridized carbons (Fsp3) is 0.353. The zero-order chi connectivity index (χ0) is 18.0. The molecule has 0 aliphatic carbocycles. The number of carbonyl (C=O) groups excluding carboxylic acids is 1. The van der Waals surface area contributed by atoms with E-state index in [4.69, 9.17) is 4.74 Å². The number of halogens is 1. The molecule has 2 aromatic rings. The van der Waals surface area contributed by atoms with Gasteiger partial charge in [-0.2, -0.15) is 0 Å². The molecule has 1 N–H and O–H groups in total. The number of nitrogens with zero attached hydrogens (tertiary/aromatic N) is 4. The first-order valence-corrected chi connectivity index (χ1v) is 7.83. The van der Waals surface area contributed by atoms with E-state index in [1.54, 1.807) is 11.0 Å². The first kappa shape index (κ1) is 17.1. The molecule has 7 nitrogen and oxygen atoms in total. The van der Waals surface area contributed by atoms with Crippen molar-refractivity contribution in [2.75, 3.05) is 32.1 Å². The first-order valence-electron chi connectivity index (χ1n) is 7.83. The molecule has 0 unspecified atom stereocenters. The van der Waals surface area contributed by atoms with Crippen LogP contribution in [0, 0.1) is 5.82 Å². The van der Waals surface area contributed by atoms with Crippen LogP contribution in [0.1, 0.15) is 10.4 Å². The highest BCUT2D eigenvalue weighted by molar-refractivity contribution is 5.94. The van der Waals surface area contributed by atoms with E-state index in [9.17, 15) is 14.3 Å². The first-order chi connectivity index (χ1) is 11.9. The van der Waals surface area contributed by atoms with Crippen LogP contribution in [0.2, 0.25) is 0 Å². The third-order valence-corrected chi connectivity index (χ3v) is 3.89. The van der Waals surface area contributed by atoms with E-state index in [-0.39, 0.29) is 19.0 Å². The van der Waals surface area contributed by atoms with E-state index in [1.165, 1.54) is 35.5 Å². The molecule has 8 heteroatoms. The fourth-order valence-corrected chi connectivity index (χ4v) is 2.60. The van der Waals surface area contributed by atoms with Crippen molar-refractivity contribution < 1.29 is 19.0 Å². The van der Waals surface area contributed by atoms with E-state index in [0.717, 1.165) is 0 Å². The number of hydrogen-bond acceptors (Lipinski definition) is 6. The summed E-state index contributed by atoms with van der Waals surface area (Å²) in [4.78, 5) is 24.0. The second kappa shape index (κ2) is 7.02. The van der Waals surface area contributed by atoms with Gasteiger partial charge in [-0.1, -0.05) is 6.07 Å². The number of aromatic nitrogens is 2. The molecule has 25 heavy (non-hydrogen) atoms. The van der Waals surface area contributed by atoms with Crippen molar-refractivity contribution in [3.05, 3.63) is 48.0 Å². The number of anilines is 1. The maximum absolute atomic E-state index is 13.2. The summed E-state index contributed by atoms with van der Waals surface area (Å²) in [6, 6.07) is 5.68. The second-order valence-corrected chi connectivity index (χ2v) is 6.06. The minimum Gasteiger partial charge on any atom is -0.486 e. The standard InChI is InChI=1S/C17H19FN4O3/c1-21(2)17-19-7-11(8-20-17)16(24)22-9-14(23)15(10-22)25-13-5-3-4-12(18)6-13/h3-8,14-15,23H,9-10H2,1-2H3/t14-,15-/m1/s1. The van der Waals surface area contributed by atoms with Gasteiger partial charge in [-0.15, -0.1) is 0 Å². The molecule has 132 valence electrons. The Hall–Kier alpha value is -2.74. The van der Waals surface area contributed by atoms with Crippen molar-refractivity contribution in [1.29, 1.82) is 0 Å². The van der Waals surface area contributed by atoms with Crippen molar-refractivity contribution in [3.8, 4) is 5.75 Å². The van der Waals surface area contributed by atoms with Gasteiger partial charge in [0.2, 0.25) is 5.95 Å². The molecule has 1 aliphatic heterocycles. The molecule has 1 aliphatic rings. The van der Waals surface area contributed by atoms with Gasteiger partial charge in [0.1, 0.15) is 23.8 Å². The molecular formula is C17H19FN4O3. The van der Waals surface area contributed by atoms with Crippen molar-refractivity contribution in [1.82, 2.24) is 14.9 Å². The molecule has 0 spiro atoms. The van der Waals surface area contributed by atoms with Gasteiger partial charge in [-0.25, -0.2) is 14.4 Å². The molecule has 2 atom stereocenters. The maximum Gasteiger partial charge on any atom is 0.257 e. The van der Waals surface area contributed by atoms with Gasteiger partial charge >= 0.3 is 0 Å². The third kappa shape index (κ3) is 3.85. The van der Waals surface area contributed by atoms with Crippen molar-refractivity contribution in [2.45, 2.75) is 12.2 Å². The van der Waals surface area contributed by atoms with E-state index in [0.29, 0.717) is 17.3 Å². The van der Waals surface area contributed by atoms with Crippen molar-refractivity contribution in [3.63, 3.8) is 0 Å². The molecule has 0 radical (unpaired) electrons. The van der Waals surface area contributed by atoms with Crippen LogP contribution >= 0.6 is 0 Å². The number of ether oxygens (including phenoxy) is 1. The van der Waals surface area contributed by atoms with Gasteiger partial charge in [0.25, 0.3) is 5.91 Å². The zero-order valence-electron chi connectivity index (χ0n) is 14.0. The summed E-state index contributed by atoms with van der Waals surface area (Å²) < 4.78 is 18.8. The Morgan fingerprint density at radius 3 is 2.68 bits per heavy atom. The van der Waals surface area contributed by atoms with E-state index in [1.807, 2.05) is 14.1 Å². The van der Waals surface area contributed by atoms with Gasteiger partial charge in [0, 0.05) is 32.6 Å². The normalized spacial score (nSPS) is 19.8. The lowest BCUT2D eigenvalue weighted by molar-refractivity contribution is 0.0728. The third-order valence-electron chi connectivity index (χ3n) is 3.89. The number of amides is 1. The fourth-order valence-electron chi connectivity index (χ4n) is 2.60. The van der Waals surface area contributed by atoms with Crippen LogP contribution < -0.4 is 9.64 Å². The summed E-state index contributed by atoms with van der Waals surface area (Å²) in [7, 11) is 3.62. The van der Waals surface area contributed by atoms with E-state index < -0.39 is 18.0 Å². The number of hydrogen-bond donors (Lipinski definition) is 1. The molecule has 1 fully saturated rings. The summed E-state index contributed by atoms with van der Waals surface area (Å²) in [5, 5.41) is 10.2. The largest absolute Gasteiger partial charge is 0.486 e. The highest BCUT2D eigenvalue weighted by Gasteiger charge is 2.36. The summed E-state index contributed by atoms with van der Waals surface area (Å²) in [5.74, 6) is 0.119. The minimum atomic E-state index is -0.853. The van der Waals surface area contributed by atoms with E-state index in [2.05, 4.69) is 9.97 Å². The lowest BCUT2D eigenvalue weighted by Crippen LogP contribution is -2.31. The van der Waals surface area contributed by atoms with Gasteiger partial charge in [-0.3, -0.25) is 4.79 Å². The van der Waals surface area contributed by atoms with Crippen LogP contribution in [-0.2, 0) is 0 Å². The lowest BCUT2D eigenvalue weighted by atomic mass is 10.2. The average Bonchev–Trinajstić information content (AvgIpc) is 2.95. The van der Waals surface area contributed by atoms with Crippen molar-refractivity contribution >= 4 is 11.9 Å². The number of aliphatic hydroxyl groups is 1. The van der Waals surface area contributed by atoms with Crippen LogP contribution in [0.5, 0.6) is 5.75 Å². The number of β-amino-alcohol motifs (C(OH)–C–C–N with tert-alkyl or cyclic N) is 1. The van der Waals surface area contributed by atoms with Gasteiger partial charge < -0.3 is 19.6 Å². The molecule has 0 bridgehead atoms.